The highest BCUT2D eigenvalue weighted by Crippen LogP contribution is 2.25. The van der Waals surface area contributed by atoms with Crippen molar-refractivity contribution in [3.63, 3.8) is 0 Å². The molecule has 6 heteroatoms. The largest absolute Gasteiger partial charge is 0.338 e. The van der Waals surface area contributed by atoms with Crippen LogP contribution in [-0.2, 0) is 13.5 Å². The topological polar surface area (TPSA) is 43.8 Å². The molecule has 0 bridgehead atoms. The first kappa shape index (κ1) is 14.0. The van der Waals surface area contributed by atoms with Gasteiger partial charge >= 0.3 is 0 Å². The van der Waals surface area contributed by atoms with Gasteiger partial charge in [-0.25, -0.2) is 13.8 Å². The summed E-state index contributed by atoms with van der Waals surface area (Å²) in [6, 6.07) is 1.41. The van der Waals surface area contributed by atoms with Gasteiger partial charge < -0.3 is 10.3 Å². The van der Waals surface area contributed by atoms with E-state index in [0.717, 1.165) is 18.0 Å². The van der Waals surface area contributed by atoms with Gasteiger partial charge in [0.25, 0.3) is 0 Å². The number of hydrogen-bond donors (Lipinski definition) is 1. The highest BCUT2D eigenvalue weighted by Gasteiger charge is 2.15. The van der Waals surface area contributed by atoms with Crippen LogP contribution in [-0.4, -0.2) is 9.55 Å². The third kappa shape index (κ3) is 3.11. The Morgan fingerprint density at radius 1 is 1.37 bits per heavy atom. The molecule has 2 aromatic rings. The van der Waals surface area contributed by atoms with E-state index >= 15 is 0 Å². The summed E-state index contributed by atoms with van der Waals surface area (Å²) in [5, 5.41) is -0.238. The highest BCUT2D eigenvalue weighted by molar-refractivity contribution is 6.30. The average molecular weight is 286 g/mol. The number of aryl methyl sites for hydroxylation is 2. The van der Waals surface area contributed by atoms with E-state index in [4.69, 9.17) is 17.3 Å². The summed E-state index contributed by atoms with van der Waals surface area (Å²) in [7, 11) is 1.87. The van der Waals surface area contributed by atoms with Crippen molar-refractivity contribution < 1.29 is 8.78 Å². The van der Waals surface area contributed by atoms with E-state index in [2.05, 4.69) is 4.98 Å². The quantitative estimate of drug-likeness (QED) is 0.878. The number of rotatable bonds is 4. The molecule has 0 fully saturated rings. The number of nitrogens with two attached hydrogens (primary N) is 1. The second kappa shape index (κ2) is 5.67. The van der Waals surface area contributed by atoms with Gasteiger partial charge in [0.2, 0.25) is 0 Å². The van der Waals surface area contributed by atoms with Crippen LogP contribution in [0.4, 0.5) is 8.78 Å². The summed E-state index contributed by atoms with van der Waals surface area (Å²) >= 11 is 5.50. The molecule has 0 aliphatic rings. The Morgan fingerprint density at radius 3 is 2.74 bits per heavy atom. The molecule has 1 heterocycles. The average Bonchev–Trinajstić information content (AvgIpc) is 2.76. The minimum atomic E-state index is -0.662. The maximum Gasteiger partial charge on any atom is 0.142 e. The lowest BCUT2D eigenvalue weighted by molar-refractivity contribution is 0.542. The molecular formula is C13H14ClF2N3. The Labute approximate surface area is 115 Å². The predicted molar refractivity (Wildman–Crippen MR) is 69.8 cm³/mol. The van der Waals surface area contributed by atoms with E-state index in [0.29, 0.717) is 12.8 Å². The van der Waals surface area contributed by atoms with E-state index < -0.39 is 17.7 Å². The number of imidazole rings is 1. The molecule has 0 spiro atoms. The van der Waals surface area contributed by atoms with Crippen LogP contribution in [0.15, 0.2) is 24.5 Å². The van der Waals surface area contributed by atoms with Crippen molar-refractivity contribution in [2.45, 2.75) is 18.9 Å². The molecule has 0 radical (unpaired) electrons. The molecule has 1 aromatic heterocycles. The zero-order valence-electron chi connectivity index (χ0n) is 10.4. The van der Waals surface area contributed by atoms with Crippen molar-refractivity contribution in [2.75, 3.05) is 0 Å². The summed E-state index contributed by atoms with van der Waals surface area (Å²) < 4.78 is 28.9. The molecule has 1 unspecified atom stereocenters. The van der Waals surface area contributed by atoms with Crippen LogP contribution < -0.4 is 5.73 Å². The van der Waals surface area contributed by atoms with Gasteiger partial charge in [-0.2, -0.15) is 0 Å². The Morgan fingerprint density at radius 2 is 2.11 bits per heavy atom. The van der Waals surface area contributed by atoms with Gasteiger partial charge in [0.15, 0.2) is 0 Å². The normalized spacial score (nSPS) is 12.7. The van der Waals surface area contributed by atoms with Gasteiger partial charge in [-0.3, -0.25) is 0 Å². The number of nitrogens with zero attached hydrogens (tertiary/aromatic N) is 2. The minimum absolute atomic E-state index is 0.135. The highest BCUT2D eigenvalue weighted by atomic mass is 35.5. The Balaban J connectivity index is 2.10. The maximum absolute atomic E-state index is 13.7. The fourth-order valence-electron chi connectivity index (χ4n) is 1.90. The summed E-state index contributed by atoms with van der Waals surface area (Å²) in [5.74, 6) is -0.394. The lowest BCUT2D eigenvalue weighted by Crippen LogP contribution is -2.14. The molecular weight excluding hydrogens is 272 g/mol. The van der Waals surface area contributed by atoms with Crippen LogP contribution in [0.5, 0.6) is 0 Å². The first-order valence-corrected chi connectivity index (χ1v) is 6.23. The van der Waals surface area contributed by atoms with Gasteiger partial charge in [0.05, 0.1) is 5.02 Å². The molecule has 3 nitrogen and oxygen atoms in total. The van der Waals surface area contributed by atoms with Crippen LogP contribution in [0.2, 0.25) is 5.02 Å². The van der Waals surface area contributed by atoms with Gasteiger partial charge in [-0.1, -0.05) is 11.6 Å². The standard InChI is InChI=1S/C13H14ClF2N3/c1-19-5-4-18-13(19)3-2-12(17)8-6-11(16)9(14)7-10(8)15/h4-7,12H,2-3,17H2,1H3. The first-order chi connectivity index (χ1) is 8.99. The number of halogens is 3. The summed E-state index contributed by atoms with van der Waals surface area (Å²) in [5.41, 5.74) is 6.03. The van der Waals surface area contributed by atoms with E-state index in [-0.39, 0.29) is 10.6 Å². The summed E-state index contributed by atoms with van der Waals surface area (Å²) in [4.78, 5) is 4.15. The molecule has 0 saturated heterocycles. The van der Waals surface area contributed by atoms with Crippen molar-refractivity contribution in [1.29, 1.82) is 0 Å². The molecule has 1 atom stereocenters. The zero-order valence-corrected chi connectivity index (χ0v) is 11.2. The maximum atomic E-state index is 13.7. The van der Waals surface area contributed by atoms with Gasteiger partial charge in [-0.15, -0.1) is 0 Å². The first-order valence-electron chi connectivity index (χ1n) is 5.85. The summed E-state index contributed by atoms with van der Waals surface area (Å²) in [6.45, 7) is 0. The second-order valence-corrected chi connectivity index (χ2v) is 4.79. The van der Waals surface area contributed by atoms with Crippen molar-refractivity contribution in [3.8, 4) is 0 Å². The molecule has 1 aromatic carbocycles. The van der Waals surface area contributed by atoms with E-state index in [1.54, 1.807) is 6.20 Å². The number of benzene rings is 1. The lowest BCUT2D eigenvalue weighted by atomic mass is 10.0. The SMILES string of the molecule is Cn1ccnc1CCC(N)c1cc(F)c(Cl)cc1F. The van der Waals surface area contributed by atoms with Gasteiger partial charge in [-0.05, 0) is 18.6 Å². The van der Waals surface area contributed by atoms with Crippen LogP contribution in [0.1, 0.15) is 23.9 Å². The molecule has 0 aliphatic heterocycles. The smallest absolute Gasteiger partial charge is 0.142 e. The van der Waals surface area contributed by atoms with E-state index in [9.17, 15) is 8.78 Å². The fraction of sp³-hybridized carbons (Fsp3) is 0.308. The molecule has 19 heavy (non-hydrogen) atoms. The second-order valence-electron chi connectivity index (χ2n) is 4.39. The van der Waals surface area contributed by atoms with Gasteiger partial charge in [0.1, 0.15) is 17.5 Å². The number of hydrogen-bond acceptors (Lipinski definition) is 2. The van der Waals surface area contributed by atoms with Crippen LogP contribution >= 0.6 is 11.6 Å². The van der Waals surface area contributed by atoms with Gasteiger partial charge in [0, 0.05) is 37.5 Å². The fourth-order valence-corrected chi connectivity index (χ4v) is 2.05. The van der Waals surface area contributed by atoms with Crippen LogP contribution in [0, 0.1) is 11.6 Å². The Kier molecular flexibility index (Phi) is 4.17. The third-order valence-electron chi connectivity index (χ3n) is 3.04. The Hall–Kier alpha value is -1.46. The predicted octanol–water partition coefficient (Wildman–Crippen LogP) is 2.98. The zero-order chi connectivity index (χ0) is 14.0. The molecule has 2 rings (SSSR count). The number of aromatic nitrogens is 2. The van der Waals surface area contributed by atoms with Crippen LogP contribution in [0.25, 0.3) is 0 Å². The monoisotopic (exact) mass is 285 g/mol. The van der Waals surface area contributed by atoms with Crippen molar-refractivity contribution in [2.24, 2.45) is 12.8 Å². The van der Waals surface area contributed by atoms with Crippen molar-refractivity contribution >= 4 is 11.6 Å². The minimum Gasteiger partial charge on any atom is -0.338 e. The molecule has 0 aliphatic carbocycles. The molecule has 102 valence electrons. The van der Waals surface area contributed by atoms with Crippen LogP contribution in [0.3, 0.4) is 0 Å². The van der Waals surface area contributed by atoms with Crippen molar-refractivity contribution in [1.82, 2.24) is 9.55 Å². The van der Waals surface area contributed by atoms with E-state index in [1.807, 2.05) is 17.8 Å². The third-order valence-corrected chi connectivity index (χ3v) is 3.33. The Bertz CT molecular complexity index is 583. The lowest BCUT2D eigenvalue weighted by Gasteiger charge is -2.13. The van der Waals surface area contributed by atoms with Crippen molar-refractivity contribution in [3.05, 3.63) is 52.6 Å². The molecule has 0 saturated carbocycles. The van der Waals surface area contributed by atoms with E-state index in [1.165, 1.54) is 0 Å². The molecule has 0 amide bonds. The summed E-state index contributed by atoms with van der Waals surface area (Å²) in [6.07, 6.45) is 4.57. The molecule has 2 N–H and O–H groups in total.